The number of carbonyl (C=O) groups is 2. The monoisotopic (exact) mass is 644 g/mol. The van der Waals surface area contributed by atoms with E-state index in [4.69, 9.17) is 9.47 Å². The van der Waals surface area contributed by atoms with E-state index in [1.54, 1.807) is 23.5 Å². The number of esters is 1. The van der Waals surface area contributed by atoms with Crippen LogP contribution in [0.2, 0.25) is 0 Å². The number of anilines is 1. The highest BCUT2D eigenvalue weighted by atomic mass is 127. The van der Waals surface area contributed by atoms with Crippen molar-refractivity contribution in [3.8, 4) is 11.5 Å². The van der Waals surface area contributed by atoms with Crippen molar-refractivity contribution in [3.05, 3.63) is 73.2 Å². The van der Waals surface area contributed by atoms with Gasteiger partial charge in [-0.05, 0) is 95.5 Å². The van der Waals surface area contributed by atoms with Crippen molar-refractivity contribution in [2.75, 3.05) is 11.9 Å². The minimum absolute atomic E-state index is 0.0402. The number of thiophene rings is 1. The van der Waals surface area contributed by atoms with Crippen molar-refractivity contribution < 1.29 is 19.1 Å². The predicted octanol–water partition coefficient (Wildman–Crippen LogP) is 7.37. The van der Waals surface area contributed by atoms with Crippen LogP contribution in [0.4, 0.5) is 5.00 Å². The number of ether oxygens (including phenoxy) is 2. The maximum absolute atomic E-state index is 13.3. The first-order valence-electron chi connectivity index (χ1n) is 13.2. The third kappa shape index (κ3) is 5.17. The first-order chi connectivity index (χ1) is 18.2. The molecule has 6 nitrogen and oxygen atoms in total. The topological polar surface area (TPSA) is 76.7 Å². The molecule has 2 aromatic carbocycles. The summed E-state index contributed by atoms with van der Waals surface area (Å²) in [5, 5.41) is 7.62. The van der Waals surface area contributed by atoms with Crippen LogP contribution in [0.1, 0.15) is 83.4 Å². The number of amides is 1. The zero-order valence-corrected chi connectivity index (χ0v) is 25.1. The van der Waals surface area contributed by atoms with Crippen molar-refractivity contribution in [2.24, 2.45) is 11.3 Å². The fourth-order valence-electron chi connectivity index (χ4n) is 5.26. The lowest BCUT2D eigenvalue weighted by Gasteiger charge is -2.36. The zero-order chi connectivity index (χ0) is 27.0. The Morgan fingerprint density at radius 2 is 1.92 bits per heavy atom. The number of carbonyl (C=O) groups excluding carboxylic acids is 2. The molecule has 200 valence electrons. The average molecular weight is 645 g/mol. The molecule has 0 saturated carbocycles. The average Bonchev–Trinajstić information content (AvgIpc) is 3.28. The van der Waals surface area contributed by atoms with Gasteiger partial charge in [0, 0.05) is 8.45 Å². The Balaban J connectivity index is 1.38. The van der Waals surface area contributed by atoms with Crippen molar-refractivity contribution >= 4 is 50.8 Å². The predicted molar refractivity (Wildman–Crippen MR) is 159 cm³/mol. The number of hydrogen-bond acceptors (Lipinski definition) is 6. The second-order valence-electron chi connectivity index (χ2n) is 10.5. The first-order valence-corrected chi connectivity index (χ1v) is 15.1. The summed E-state index contributed by atoms with van der Waals surface area (Å²) in [6.07, 6.45) is 3.84. The van der Waals surface area contributed by atoms with Crippen molar-refractivity contribution in [3.63, 3.8) is 0 Å². The van der Waals surface area contributed by atoms with Gasteiger partial charge in [-0.1, -0.05) is 45.4 Å². The molecule has 1 aliphatic carbocycles. The van der Waals surface area contributed by atoms with E-state index < -0.39 is 12.1 Å². The third-order valence-electron chi connectivity index (χ3n) is 7.96. The lowest BCUT2D eigenvalue weighted by molar-refractivity contribution is 0.0727. The Kier molecular flexibility index (Phi) is 7.73. The van der Waals surface area contributed by atoms with E-state index in [1.807, 2.05) is 37.3 Å². The van der Waals surface area contributed by atoms with Gasteiger partial charge in [-0.15, -0.1) is 11.3 Å². The minimum atomic E-state index is -0.439. The van der Waals surface area contributed by atoms with Gasteiger partial charge in [0.15, 0.2) is 11.5 Å². The Morgan fingerprint density at radius 1 is 1.13 bits per heavy atom. The molecule has 2 N–H and O–H groups in total. The van der Waals surface area contributed by atoms with Gasteiger partial charge in [0.1, 0.15) is 11.2 Å². The maximum Gasteiger partial charge on any atom is 0.344 e. The number of benzene rings is 2. The van der Waals surface area contributed by atoms with Crippen LogP contribution in [-0.2, 0) is 12.8 Å². The normalized spacial score (nSPS) is 18.6. The molecule has 3 aromatic rings. The zero-order valence-electron chi connectivity index (χ0n) is 22.2. The van der Waals surface area contributed by atoms with Gasteiger partial charge >= 0.3 is 5.97 Å². The molecule has 0 spiro atoms. The number of hydrogen-bond donors (Lipinski definition) is 2. The standard InChI is InChI=1S/C30H33IN2O4S/c1-5-30(3,4)18-12-13-20-24(16-18)38-28-25(20)27(34)32-26(33-28)17-11-14-22(23(15-17)36-6-2)37-29(35)19-9-7-8-10-21(19)31/h7-11,14-15,18,26,33H,5-6,12-13,16H2,1-4H3,(H,32,34). The summed E-state index contributed by atoms with van der Waals surface area (Å²) < 4.78 is 12.4. The van der Waals surface area contributed by atoms with E-state index in [1.165, 1.54) is 10.4 Å². The van der Waals surface area contributed by atoms with Crippen LogP contribution in [0.5, 0.6) is 11.5 Å². The number of nitrogens with one attached hydrogen (secondary N) is 2. The Bertz CT molecular complexity index is 1380. The van der Waals surface area contributed by atoms with Crippen LogP contribution in [0.15, 0.2) is 42.5 Å². The van der Waals surface area contributed by atoms with Gasteiger partial charge in [-0.2, -0.15) is 0 Å². The van der Waals surface area contributed by atoms with Crippen LogP contribution in [-0.4, -0.2) is 18.5 Å². The SMILES string of the molecule is CCOc1cc(C2NC(=O)c3c(sc4c3CCC(C(C)(C)CC)C4)N2)ccc1OC(=O)c1ccccc1I. The highest BCUT2D eigenvalue weighted by Gasteiger charge is 2.37. The third-order valence-corrected chi connectivity index (χ3v) is 10.1. The fourth-order valence-corrected chi connectivity index (χ4v) is 7.22. The van der Waals surface area contributed by atoms with E-state index >= 15 is 0 Å². The van der Waals surface area contributed by atoms with Crippen LogP contribution in [0, 0.1) is 14.9 Å². The maximum atomic E-state index is 13.3. The molecule has 2 atom stereocenters. The van der Waals surface area contributed by atoms with Crippen LogP contribution >= 0.6 is 33.9 Å². The second-order valence-corrected chi connectivity index (χ2v) is 12.8. The highest BCUT2D eigenvalue weighted by Crippen LogP contribution is 2.47. The molecular weight excluding hydrogens is 611 g/mol. The number of halogens is 1. The summed E-state index contributed by atoms with van der Waals surface area (Å²) in [7, 11) is 0. The molecule has 1 amide bonds. The van der Waals surface area contributed by atoms with Crippen LogP contribution in [0.3, 0.4) is 0 Å². The molecule has 0 saturated heterocycles. The van der Waals surface area contributed by atoms with Gasteiger partial charge in [0.25, 0.3) is 5.91 Å². The van der Waals surface area contributed by atoms with Crippen molar-refractivity contribution in [2.45, 2.75) is 59.5 Å². The molecule has 1 aliphatic heterocycles. The summed E-state index contributed by atoms with van der Waals surface area (Å²) in [5.74, 6) is 0.954. The Morgan fingerprint density at radius 3 is 2.66 bits per heavy atom. The van der Waals surface area contributed by atoms with E-state index in [-0.39, 0.29) is 5.91 Å². The number of fused-ring (bicyclic) bond motifs is 3. The Labute approximate surface area is 241 Å². The number of rotatable bonds is 7. The van der Waals surface area contributed by atoms with Gasteiger partial charge in [-0.3, -0.25) is 4.79 Å². The lowest BCUT2D eigenvalue weighted by Crippen LogP contribution is -2.38. The molecule has 0 radical (unpaired) electrons. The smallest absolute Gasteiger partial charge is 0.344 e. The Hall–Kier alpha value is -2.59. The summed E-state index contributed by atoms with van der Waals surface area (Å²) >= 11 is 3.84. The molecule has 5 rings (SSSR count). The van der Waals surface area contributed by atoms with E-state index in [0.717, 1.165) is 45.4 Å². The van der Waals surface area contributed by atoms with Crippen molar-refractivity contribution in [1.82, 2.24) is 5.32 Å². The molecule has 2 unspecified atom stereocenters. The molecule has 2 heterocycles. The molecule has 1 aromatic heterocycles. The molecule has 38 heavy (non-hydrogen) atoms. The molecular formula is C30H33IN2O4S. The van der Waals surface area contributed by atoms with Crippen LogP contribution < -0.4 is 20.1 Å². The highest BCUT2D eigenvalue weighted by molar-refractivity contribution is 14.1. The van der Waals surface area contributed by atoms with E-state index in [2.05, 4.69) is 54.0 Å². The van der Waals surface area contributed by atoms with Crippen LogP contribution in [0.25, 0.3) is 0 Å². The minimum Gasteiger partial charge on any atom is -0.490 e. The largest absolute Gasteiger partial charge is 0.490 e. The summed E-state index contributed by atoms with van der Waals surface area (Å²) in [6.45, 7) is 9.27. The van der Waals surface area contributed by atoms with Gasteiger partial charge in [0.05, 0.1) is 17.7 Å². The second kappa shape index (κ2) is 10.9. The van der Waals surface area contributed by atoms with Gasteiger partial charge in [-0.25, -0.2) is 4.79 Å². The summed E-state index contributed by atoms with van der Waals surface area (Å²) in [5.41, 5.74) is 3.64. The van der Waals surface area contributed by atoms with Crippen molar-refractivity contribution in [1.29, 1.82) is 0 Å². The lowest BCUT2D eigenvalue weighted by atomic mass is 9.69. The quantitative estimate of drug-likeness (QED) is 0.160. The molecule has 2 aliphatic rings. The summed E-state index contributed by atoms with van der Waals surface area (Å²) in [4.78, 5) is 27.4. The fraction of sp³-hybridized carbons (Fsp3) is 0.400. The van der Waals surface area contributed by atoms with E-state index in [9.17, 15) is 9.59 Å². The molecule has 8 heteroatoms. The molecule has 0 bridgehead atoms. The molecule has 0 fully saturated rings. The van der Waals surface area contributed by atoms with E-state index in [0.29, 0.717) is 35.0 Å². The first kappa shape index (κ1) is 27.0. The van der Waals surface area contributed by atoms with Gasteiger partial charge in [0.2, 0.25) is 0 Å². The summed E-state index contributed by atoms with van der Waals surface area (Å²) in [6, 6.07) is 12.7. The van der Waals surface area contributed by atoms with Gasteiger partial charge < -0.3 is 20.1 Å².